The third kappa shape index (κ3) is 1.42. The fraction of sp³-hybridized carbons (Fsp3) is 0.385. The lowest BCUT2D eigenvalue weighted by atomic mass is 10.1. The smallest absolute Gasteiger partial charge is 0.181 e. The van der Waals surface area contributed by atoms with Gasteiger partial charge in [-0.3, -0.25) is 0 Å². The molecule has 0 N–H and O–H groups in total. The molecule has 0 aromatic heterocycles. The summed E-state index contributed by atoms with van der Waals surface area (Å²) in [6.45, 7) is 0. The third-order valence-electron chi connectivity index (χ3n) is 3.69. The van der Waals surface area contributed by atoms with E-state index in [2.05, 4.69) is 12.2 Å². The van der Waals surface area contributed by atoms with Gasteiger partial charge in [-0.2, -0.15) is 0 Å². The number of rotatable bonds is 2. The Morgan fingerprint density at radius 3 is 2.31 bits per heavy atom. The highest BCUT2D eigenvalue weighted by Gasteiger charge is 2.43. The molecule has 3 atom stereocenters. The van der Waals surface area contributed by atoms with E-state index in [4.69, 9.17) is 0 Å². The van der Waals surface area contributed by atoms with Gasteiger partial charge in [0.15, 0.2) is 9.84 Å². The molecular weight excluding hydrogens is 220 g/mol. The normalized spacial score (nSPS) is 32.1. The number of allylic oxidation sites excluding steroid dienone is 2. The summed E-state index contributed by atoms with van der Waals surface area (Å²) >= 11 is 0. The van der Waals surface area contributed by atoms with Crippen molar-refractivity contribution in [1.29, 1.82) is 0 Å². The van der Waals surface area contributed by atoms with Gasteiger partial charge in [-0.05, 0) is 36.8 Å². The Hall–Kier alpha value is -1.09. The van der Waals surface area contributed by atoms with E-state index in [1.807, 2.05) is 6.07 Å². The lowest BCUT2D eigenvalue weighted by molar-refractivity contribution is 0.561. The van der Waals surface area contributed by atoms with Crippen molar-refractivity contribution in [3.05, 3.63) is 42.5 Å². The van der Waals surface area contributed by atoms with E-state index in [-0.39, 0.29) is 11.2 Å². The number of hydrogen-bond donors (Lipinski definition) is 0. The van der Waals surface area contributed by atoms with E-state index in [1.54, 1.807) is 24.3 Å². The molecular formula is C13H14O2S. The molecule has 0 heterocycles. The monoisotopic (exact) mass is 234 g/mol. The molecule has 0 aliphatic heterocycles. The third-order valence-corrected chi connectivity index (χ3v) is 5.96. The molecule has 0 spiro atoms. The Balaban J connectivity index is 1.98. The van der Waals surface area contributed by atoms with Gasteiger partial charge in [0.25, 0.3) is 0 Å². The van der Waals surface area contributed by atoms with Crippen molar-refractivity contribution in [1.82, 2.24) is 0 Å². The summed E-state index contributed by atoms with van der Waals surface area (Å²) in [4.78, 5) is 0.473. The van der Waals surface area contributed by atoms with Gasteiger partial charge >= 0.3 is 0 Å². The minimum absolute atomic E-state index is 0.190. The zero-order valence-corrected chi connectivity index (χ0v) is 9.73. The highest BCUT2D eigenvalue weighted by Crippen LogP contribution is 2.44. The van der Waals surface area contributed by atoms with Gasteiger partial charge < -0.3 is 0 Å². The second-order valence-electron chi connectivity index (χ2n) is 4.68. The summed E-state index contributed by atoms with van der Waals surface area (Å²) in [5.41, 5.74) is 0. The first-order valence-electron chi connectivity index (χ1n) is 5.65. The van der Waals surface area contributed by atoms with Crippen molar-refractivity contribution in [2.45, 2.75) is 23.0 Å². The summed E-state index contributed by atoms with van der Waals surface area (Å²) in [6.07, 6.45) is 6.08. The van der Waals surface area contributed by atoms with Crippen LogP contribution >= 0.6 is 0 Å². The molecule has 0 unspecified atom stereocenters. The van der Waals surface area contributed by atoms with Crippen LogP contribution in [0.3, 0.4) is 0 Å². The molecule has 1 aromatic rings. The summed E-state index contributed by atoms with van der Waals surface area (Å²) in [7, 11) is -3.12. The standard InChI is InChI=1S/C13H14O2S/c14-16(15,12-4-2-1-3-5-12)13-9-10-6-7-11(13)8-10/h1-7,10-11,13H,8-9H2/t10-,11-,13+/m0/s1. The number of hydrogen-bond acceptors (Lipinski definition) is 2. The van der Waals surface area contributed by atoms with Crippen molar-refractivity contribution in [3.63, 3.8) is 0 Å². The Bertz CT molecular complexity index is 516. The second-order valence-corrected chi connectivity index (χ2v) is 6.84. The van der Waals surface area contributed by atoms with Gasteiger partial charge in [-0.25, -0.2) is 8.42 Å². The average molecular weight is 234 g/mol. The molecule has 1 saturated carbocycles. The fourth-order valence-electron chi connectivity index (χ4n) is 2.87. The Kier molecular flexibility index (Phi) is 2.18. The van der Waals surface area contributed by atoms with Crippen LogP contribution in [0.1, 0.15) is 12.8 Å². The van der Waals surface area contributed by atoms with Crippen LogP contribution in [-0.2, 0) is 9.84 Å². The van der Waals surface area contributed by atoms with Crippen LogP contribution in [0, 0.1) is 11.8 Å². The lowest BCUT2D eigenvalue weighted by Gasteiger charge is -2.18. The number of benzene rings is 1. The molecule has 2 aliphatic carbocycles. The zero-order chi connectivity index (χ0) is 11.2. The van der Waals surface area contributed by atoms with E-state index in [9.17, 15) is 8.42 Å². The molecule has 2 nitrogen and oxygen atoms in total. The number of fused-ring (bicyclic) bond motifs is 2. The van der Waals surface area contributed by atoms with Crippen molar-refractivity contribution < 1.29 is 8.42 Å². The minimum Gasteiger partial charge on any atom is -0.223 e. The van der Waals surface area contributed by atoms with E-state index in [0.29, 0.717) is 10.8 Å². The van der Waals surface area contributed by atoms with Gasteiger partial charge in [0.1, 0.15) is 0 Å². The summed E-state index contributed by atoms with van der Waals surface area (Å²) < 4.78 is 24.8. The Labute approximate surface area is 95.9 Å². The van der Waals surface area contributed by atoms with Crippen molar-refractivity contribution >= 4 is 9.84 Å². The maximum atomic E-state index is 12.4. The maximum absolute atomic E-state index is 12.4. The molecule has 16 heavy (non-hydrogen) atoms. The molecule has 0 radical (unpaired) electrons. The molecule has 0 amide bonds. The lowest BCUT2D eigenvalue weighted by Crippen LogP contribution is -2.25. The molecule has 3 heteroatoms. The summed E-state index contributed by atoms with van der Waals surface area (Å²) in [5.74, 6) is 0.740. The van der Waals surface area contributed by atoms with E-state index in [1.165, 1.54) is 0 Å². The topological polar surface area (TPSA) is 34.1 Å². The summed E-state index contributed by atoms with van der Waals surface area (Å²) in [6, 6.07) is 8.82. The van der Waals surface area contributed by atoms with E-state index >= 15 is 0 Å². The van der Waals surface area contributed by atoms with Crippen molar-refractivity contribution in [2.24, 2.45) is 11.8 Å². The van der Waals surface area contributed by atoms with Crippen LogP contribution in [0.2, 0.25) is 0 Å². The average Bonchev–Trinajstić information content (AvgIpc) is 2.92. The first-order valence-corrected chi connectivity index (χ1v) is 7.20. The van der Waals surface area contributed by atoms with E-state index in [0.717, 1.165) is 12.8 Å². The van der Waals surface area contributed by atoms with Crippen LogP contribution in [0.15, 0.2) is 47.4 Å². The van der Waals surface area contributed by atoms with Gasteiger partial charge in [0, 0.05) is 0 Å². The zero-order valence-electron chi connectivity index (χ0n) is 8.91. The minimum atomic E-state index is -3.12. The Morgan fingerprint density at radius 1 is 1.00 bits per heavy atom. The van der Waals surface area contributed by atoms with Crippen molar-refractivity contribution in [2.75, 3.05) is 0 Å². The second kappa shape index (κ2) is 3.45. The highest BCUT2D eigenvalue weighted by atomic mass is 32.2. The fourth-order valence-corrected chi connectivity index (χ4v) is 4.92. The van der Waals surface area contributed by atoms with Crippen LogP contribution in [0.25, 0.3) is 0 Å². The highest BCUT2D eigenvalue weighted by molar-refractivity contribution is 7.92. The van der Waals surface area contributed by atoms with Crippen LogP contribution in [0.5, 0.6) is 0 Å². The van der Waals surface area contributed by atoms with Gasteiger partial charge in [0.2, 0.25) is 0 Å². The summed E-state index contributed by atoms with van der Waals surface area (Å²) in [5, 5.41) is -0.190. The largest absolute Gasteiger partial charge is 0.223 e. The predicted molar refractivity (Wildman–Crippen MR) is 62.8 cm³/mol. The molecule has 84 valence electrons. The van der Waals surface area contributed by atoms with E-state index < -0.39 is 9.84 Å². The first-order chi connectivity index (χ1) is 7.68. The molecule has 3 rings (SSSR count). The molecule has 2 bridgehead atoms. The van der Waals surface area contributed by atoms with Gasteiger partial charge in [-0.1, -0.05) is 30.4 Å². The SMILES string of the molecule is O=S(=O)(c1ccccc1)[C@@H]1C[C@H]2C=C[C@H]1C2. The van der Waals surface area contributed by atoms with Crippen LogP contribution < -0.4 is 0 Å². The molecule has 1 aromatic carbocycles. The van der Waals surface area contributed by atoms with Crippen LogP contribution in [0.4, 0.5) is 0 Å². The molecule has 1 fully saturated rings. The Morgan fingerprint density at radius 2 is 1.75 bits per heavy atom. The van der Waals surface area contributed by atoms with Gasteiger partial charge in [-0.15, -0.1) is 0 Å². The molecule has 2 aliphatic rings. The maximum Gasteiger partial charge on any atom is 0.181 e. The van der Waals surface area contributed by atoms with Gasteiger partial charge in [0.05, 0.1) is 10.1 Å². The molecule has 0 saturated heterocycles. The van der Waals surface area contributed by atoms with Crippen molar-refractivity contribution in [3.8, 4) is 0 Å². The van der Waals surface area contributed by atoms with Crippen LogP contribution in [-0.4, -0.2) is 13.7 Å². The quantitative estimate of drug-likeness (QED) is 0.736. The first kappa shape index (κ1) is 10.1. The predicted octanol–water partition coefficient (Wildman–Crippen LogP) is 2.42. The number of sulfone groups is 1.